The second kappa shape index (κ2) is 6.74. The fraction of sp³-hybridized carbons (Fsp3) is 0.462. The van der Waals surface area contributed by atoms with Crippen molar-refractivity contribution in [2.24, 2.45) is 5.92 Å². The second-order valence-corrected chi connectivity index (χ2v) is 4.27. The van der Waals surface area contributed by atoms with Crippen molar-refractivity contribution in [3.8, 4) is 0 Å². The molecule has 0 saturated heterocycles. The summed E-state index contributed by atoms with van der Waals surface area (Å²) in [6.07, 6.45) is 2.50. The zero-order valence-electron chi connectivity index (χ0n) is 10.3. The number of nitro groups is 1. The molecular formula is C13H17NO4. The molecular weight excluding hydrogens is 234 g/mol. The molecule has 0 bridgehead atoms. The molecule has 0 aliphatic heterocycles. The number of hydrogen-bond donors (Lipinski definition) is 1. The molecule has 0 heterocycles. The standard InChI is InChI=1S/C13H17NO4/c1-2-3-6-11(13(15)16)9-10-7-4-5-8-12(10)14(17)18/h4-5,7-8,11H,2-3,6,9H2,1H3,(H,15,16). The van der Waals surface area contributed by atoms with Gasteiger partial charge in [-0.05, 0) is 12.8 Å². The van der Waals surface area contributed by atoms with Crippen LogP contribution in [0.3, 0.4) is 0 Å². The topological polar surface area (TPSA) is 80.4 Å². The molecule has 0 aromatic heterocycles. The lowest BCUT2D eigenvalue weighted by molar-refractivity contribution is -0.385. The summed E-state index contributed by atoms with van der Waals surface area (Å²) in [6, 6.07) is 6.32. The molecule has 0 radical (unpaired) electrons. The third-order valence-corrected chi connectivity index (χ3v) is 2.91. The summed E-state index contributed by atoms with van der Waals surface area (Å²) in [5, 5.41) is 20.0. The summed E-state index contributed by atoms with van der Waals surface area (Å²) in [6.45, 7) is 1.99. The van der Waals surface area contributed by atoms with Crippen LogP contribution in [0, 0.1) is 16.0 Å². The Labute approximate surface area is 106 Å². The van der Waals surface area contributed by atoms with Gasteiger partial charge in [-0.15, -0.1) is 0 Å². The van der Waals surface area contributed by atoms with Crippen molar-refractivity contribution in [1.82, 2.24) is 0 Å². The summed E-state index contributed by atoms with van der Waals surface area (Å²) >= 11 is 0. The maximum Gasteiger partial charge on any atom is 0.306 e. The van der Waals surface area contributed by atoms with Crippen LogP contribution in [0.25, 0.3) is 0 Å². The van der Waals surface area contributed by atoms with Crippen LogP contribution >= 0.6 is 0 Å². The molecule has 0 aliphatic rings. The van der Waals surface area contributed by atoms with Crippen LogP contribution in [0.2, 0.25) is 0 Å². The number of nitrogens with zero attached hydrogens (tertiary/aromatic N) is 1. The van der Waals surface area contributed by atoms with E-state index in [-0.39, 0.29) is 12.1 Å². The molecule has 0 fully saturated rings. The quantitative estimate of drug-likeness (QED) is 0.596. The molecule has 5 heteroatoms. The minimum Gasteiger partial charge on any atom is -0.481 e. The first-order chi connectivity index (χ1) is 8.56. The van der Waals surface area contributed by atoms with Crippen LogP contribution in [0.1, 0.15) is 31.7 Å². The van der Waals surface area contributed by atoms with Crippen LogP contribution in [-0.4, -0.2) is 16.0 Å². The average molecular weight is 251 g/mol. The Kier molecular flexibility index (Phi) is 5.30. The van der Waals surface area contributed by atoms with Crippen LogP contribution in [0.4, 0.5) is 5.69 Å². The van der Waals surface area contributed by atoms with Gasteiger partial charge >= 0.3 is 5.97 Å². The molecule has 18 heavy (non-hydrogen) atoms. The van der Waals surface area contributed by atoms with E-state index in [4.69, 9.17) is 5.11 Å². The largest absolute Gasteiger partial charge is 0.481 e. The van der Waals surface area contributed by atoms with E-state index in [0.717, 1.165) is 12.8 Å². The summed E-state index contributed by atoms with van der Waals surface area (Å²) in [4.78, 5) is 21.5. The Balaban J connectivity index is 2.86. The molecule has 1 atom stereocenters. The Hall–Kier alpha value is -1.91. The molecule has 1 N–H and O–H groups in total. The van der Waals surface area contributed by atoms with E-state index >= 15 is 0 Å². The molecule has 5 nitrogen and oxygen atoms in total. The van der Waals surface area contributed by atoms with Gasteiger partial charge < -0.3 is 5.11 Å². The molecule has 0 aliphatic carbocycles. The van der Waals surface area contributed by atoms with Gasteiger partial charge in [-0.25, -0.2) is 0 Å². The molecule has 0 amide bonds. The van der Waals surface area contributed by atoms with E-state index in [0.29, 0.717) is 12.0 Å². The lowest BCUT2D eigenvalue weighted by atomic mass is 9.93. The lowest BCUT2D eigenvalue weighted by Crippen LogP contribution is -2.17. The summed E-state index contributed by atoms with van der Waals surface area (Å²) < 4.78 is 0. The number of carbonyl (C=O) groups is 1. The number of hydrogen-bond acceptors (Lipinski definition) is 3. The van der Waals surface area contributed by atoms with Crippen molar-refractivity contribution >= 4 is 11.7 Å². The smallest absolute Gasteiger partial charge is 0.306 e. The Bertz CT molecular complexity index is 431. The van der Waals surface area contributed by atoms with E-state index in [1.165, 1.54) is 6.07 Å². The maximum absolute atomic E-state index is 11.1. The van der Waals surface area contributed by atoms with Crippen molar-refractivity contribution in [2.45, 2.75) is 32.6 Å². The van der Waals surface area contributed by atoms with E-state index < -0.39 is 16.8 Å². The van der Waals surface area contributed by atoms with Gasteiger partial charge in [0.05, 0.1) is 10.8 Å². The first-order valence-corrected chi connectivity index (χ1v) is 6.01. The highest BCUT2D eigenvalue weighted by molar-refractivity contribution is 5.70. The van der Waals surface area contributed by atoms with Crippen LogP contribution in [0.5, 0.6) is 0 Å². The number of nitro benzene ring substituents is 1. The monoisotopic (exact) mass is 251 g/mol. The van der Waals surface area contributed by atoms with Crippen molar-refractivity contribution in [1.29, 1.82) is 0 Å². The van der Waals surface area contributed by atoms with Crippen molar-refractivity contribution in [2.75, 3.05) is 0 Å². The second-order valence-electron chi connectivity index (χ2n) is 4.27. The van der Waals surface area contributed by atoms with Crippen molar-refractivity contribution in [3.63, 3.8) is 0 Å². The summed E-state index contributed by atoms with van der Waals surface area (Å²) in [5.74, 6) is -1.44. The molecule has 98 valence electrons. The molecule has 1 aromatic rings. The SMILES string of the molecule is CCCCC(Cc1ccccc1[N+](=O)[O-])C(=O)O. The molecule has 1 unspecified atom stereocenters. The van der Waals surface area contributed by atoms with Crippen LogP contribution in [-0.2, 0) is 11.2 Å². The van der Waals surface area contributed by atoms with Crippen molar-refractivity contribution in [3.05, 3.63) is 39.9 Å². The van der Waals surface area contributed by atoms with E-state index in [2.05, 4.69) is 0 Å². The van der Waals surface area contributed by atoms with Crippen molar-refractivity contribution < 1.29 is 14.8 Å². The number of carboxylic acid groups (broad SMARTS) is 1. The van der Waals surface area contributed by atoms with Crippen LogP contribution in [0.15, 0.2) is 24.3 Å². The number of benzene rings is 1. The number of carboxylic acids is 1. The van der Waals surface area contributed by atoms with Gasteiger partial charge in [0, 0.05) is 11.6 Å². The normalized spacial score (nSPS) is 12.1. The van der Waals surface area contributed by atoms with Gasteiger partial charge in [-0.1, -0.05) is 38.0 Å². The summed E-state index contributed by atoms with van der Waals surface area (Å²) in [5.41, 5.74) is 0.492. The minimum absolute atomic E-state index is 0.000230. The lowest BCUT2D eigenvalue weighted by Gasteiger charge is -2.11. The summed E-state index contributed by atoms with van der Waals surface area (Å²) in [7, 11) is 0. The molecule has 1 aromatic carbocycles. The van der Waals surface area contributed by atoms with Crippen LogP contribution < -0.4 is 0 Å². The fourth-order valence-corrected chi connectivity index (χ4v) is 1.89. The van der Waals surface area contributed by atoms with Gasteiger partial charge in [-0.3, -0.25) is 14.9 Å². The Morgan fingerprint density at radius 2 is 2.11 bits per heavy atom. The van der Waals surface area contributed by atoms with Gasteiger partial charge in [0.15, 0.2) is 0 Å². The first-order valence-electron chi connectivity index (χ1n) is 6.01. The number of unbranched alkanes of at least 4 members (excludes halogenated alkanes) is 1. The maximum atomic E-state index is 11.1. The first kappa shape index (κ1) is 14.2. The van der Waals surface area contributed by atoms with E-state index in [9.17, 15) is 14.9 Å². The van der Waals surface area contributed by atoms with Gasteiger partial charge in [0.2, 0.25) is 0 Å². The highest BCUT2D eigenvalue weighted by Crippen LogP contribution is 2.23. The van der Waals surface area contributed by atoms with Gasteiger partial charge in [0.25, 0.3) is 5.69 Å². The third kappa shape index (κ3) is 3.84. The van der Waals surface area contributed by atoms with Gasteiger partial charge in [0.1, 0.15) is 0 Å². The predicted molar refractivity (Wildman–Crippen MR) is 67.5 cm³/mol. The van der Waals surface area contributed by atoms with Gasteiger partial charge in [-0.2, -0.15) is 0 Å². The van der Waals surface area contributed by atoms with E-state index in [1.54, 1.807) is 18.2 Å². The third-order valence-electron chi connectivity index (χ3n) is 2.91. The van der Waals surface area contributed by atoms with E-state index in [1.807, 2.05) is 6.92 Å². The predicted octanol–water partition coefficient (Wildman–Crippen LogP) is 3.03. The molecule has 0 spiro atoms. The molecule has 0 saturated carbocycles. The minimum atomic E-state index is -0.887. The zero-order valence-corrected chi connectivity index (χ0v) is 10.3. The molecule has 1 rings (SSSR count). The highest BCUT2D eigenvalue weighted by Gasteiger charge is 2.22. The zero-order chi connectivity index (χ0) is 13.5. The number of aliphatic carboxylic acids is 1. The Morgan fingerprint density at radius 3 is 2.67 bits per heavy atom. The number of para-hydroxylation sites is 1. The number of rotatable bonds is 7. The fourth-order valence-electron chi connectivity index (χ4n) is 1.89. The highest BCUT2D eigenvalue weighted by atomic mass is 16.6. The Morgan fingerprint density at radius 1 is 1.44 bits per heavy atom. The average Bonchev–Trinajstić information content (AvgIpc) is 2.34.